The van der Waals surface area contributed by atoms with Crippen LogP contribution in [-0.4, -0.2) is 23.1 Å². The predicted molar refractivity (Wildman–Crippen MR) is 92.9 cm³/mol. The van der Waals surface area contributed by atoms with E-state index in [-0.39, 0.29) is 20.6 Å². The minimum Gasteiger partial charge on any atom is -0.379 e. The standard InChI is InChI=1S/C16H17ClO5S2/c1-11(2)12-4-6-13(7-5-12)22-24(20,21)16-10-14(23(3,18)19)8-9-15(16)17/h4-11H,1-3H3. The van der Waals surface area contributed by atoms with E-state index < -0.39 is 20.0 Å². The normalized spacial score (nSPS) is 12.4. The van der Waals surface area contributed by atoms with Crippen molar-refractivity contribution >= 4 is 31.6 Å². The highest BCUT2D eigenvalue weighted by molar-refractivity contribution is 7.90. The van der Waals surface area contributed by atoms with Crippen LogP contribution in [0, 0.1) is 0 Å². The molecule has 0 aliphatic heterocycles. The molecule has 0 aromatic heterocycles. The number of hydrogen-bond acceptors (Lipinski definition) is 5. The van der Waals surface area contributed by atoms with Crippen molar-refractivity contribution in [1.29, 1.82) is 0 Å². The molecule has 2 aromatic rings. The summed E-state index contributed by atoms with van der Waals surface area (Å²) in [4.78, 5) is -0.538. The molecule has 0 saturated carbocycles. The fourth-order valence-corrected chi connectivity index (χ4v) is 4.14. The van der Waals surface area contributed by atoms with Gasteiger partial charge >= 0.3 is 10.1 Å². The molecule has 2 aromatic carbocycles. The van der Waals surface area contributed by atoms with E-state index in [2.05, 4.69) is 0 Å². The maximum absolute atomic E-state index is 12.4. The number of halogens is 1. The molecular formula is C16H17ClO5S2. The van der Waals surface area contributed by atoms with Crippen molar-refractivity contribution < 1.29 is 21.0 Å². The first-order valence-electron chi connectivity index (χ1n) is 7.05. The summed E-state index contributed by atoms with van der Waals surface area (Å²) in [6.07, 6.45) is 0.984. The van der Waals surface area contributed by atoms with Gasteiger partial charge in [0.25, 0.3) is 0 Å². The summed E-state index contributed by atoms with van der Waals surface area (Å²) >= 11 is 5.91. The molecule has 0 atom stereocenters. The van der Waals surface area contributed by atoms with Crippen molar-refractivity contribution in [1.82, 2.24) is 0 Å². The fourth-order valence-electron chi connectivity index (χ4n) is 1.99. The Hall–Kier alpha value is -1.57. The van der Waals surface area contributed by atoms with Gasteiger partial charge in [-0.05, 0) is 41.8 Å². The lowest BCUT2D eigenvalue weighted by atomic mass is 10.0. The zero-order valence-corrected chi connectivity index (χ0v) is 15.7. The molecule has 5 nitrogen and oxygen atoms in total. The van der Waals surface area contributed by atoms with Gasteiger partial charge in [0.15, 0.2) is 9.84 Å². The van der Waals surface area contributed by atoms with Gasteiger partial charge in [0.2, 0.25) is 0 Å². The maximum Gasteiger partial charge on any atom is 0.340 e. The van der Waals surface area contributed by atoms with Gasteiger partial charge in [0.05, 0.1) is 9.92 Å². The van der Waals surface area contributed by atoms with Gasteiger partial charge in [0.1, 0.15) is 10.6 Å². The molecule has 130 valence electrons. The summed E-state index contributed by atoms with van der Waals surface area (Å²) in [6, 6.07) is 10.1. The predicted octanol–water partition coefficient (Wildman–Crippen LogP) is 3.63. The Morgan fingerprint density at radius 3 is 2.04 bits per heavy atom. The molecule has 0 amide bonds. The molecule has 0 saturated heterocycles. The second kappa shape index (κ2) is 6.74. The van der Waals surface area contributed by atoms with Crippen LogP contribution in [0.3, 0.4) is 0 Å². The lowest BCUT2D eigenvalue weighted by Gasteiger charge is -2.11. The van der Waals surface area contributed by atoms with Gasteiger partial charge < -0.3 is 4.18 Å². The summed E-state index contributed by atoms with van der Waals surface area (Å²) < 4.78 is 53.1. The highest BCUT2D eigenvalue weighted by Gasteiger charge is 2.23. The molecule has 0 aliphatic carbocycles. The second-order valence-electron chi connectivity index (χ2n) is 5.63. The molecule has 2 rings (SSSR count). The quantitative estimate of drug-likeness (QED) is 0.731. The van der Waals surface area contributed by atoms with Crippen LogP contribution in [0.15, 0.2) is 52.3 Å². The Morgan fingerprint density at radius 1 is 0.958 bits per heavy atom. The largest absolute Gasteiger partial charge is 0.379 e. The second-order valence-corrected chi connectivity index (χ2v) is 9.56. The van der Waals surface area contributed by atoms with Crippen LogP contribution in [0.25, 0.3) is 0 Å². The van der Waals surface area contributed by atoms with Gasteiger partial charge in [-0.1, -0.05) is 37.6 Å². The van der Waals surface area contributed by atoms with Crippen molar-refractivity contribution in [3.05, 3.63) is 53.1 Å². The third-order valence-corrected chi connectivity index (χ3v) is 6.19. The summed E-state index contributed by atoms with van der Waals surface area (Å²) in [6.45, 7) is 4.03. The van der Waals surface area contributed by atoms with Crippen molar-refractivity contribution in [2.24, 2.45) is 0 Å². The van der Waals surface area contributed by atoms with Crippen LogP contribution >= 0.6 is 11.6 Å². The van der Waals surface area contributed by atoms with E-state index >= 15 is 0 Å². The molecule has 8 heteroatoms. The van der Waals surface area contributed by atoms with E-state index in [4.69, 9.17) is 15.8 Å². The highest BCUT2D eigenvalue weighted by Crippen LogP contribution is 2.28. The van der Waals surface area contributed by atoms with Crippen LogP contribution in [-0.2, 0) is 20.0 Å². The summed E-state index contributed by atoms with van der Waals surface area (Å²) in [5.74, 6) is 0.428. The molecule has 0 fully saturated rings. The van der Waals surface area contributed by atoms with E-state index in [9.17, 15) is 16.8 Å². The van der Waals surface area contributed by atoms with Crippen molar-refractivity contribution in [3.8, 4) is 5.75 Å². The smallest absolute Gasteiger partial charge is 0.340 e. The molecule has 0 spiro atoms. The van der Waals surface area contributed by atoms with E-state index in [0.717, 1.165) is 17.9 Å². The number of rotatable bonds is 5. The Kier molecular flexibility index (Phi) is 5.27. The van der Waals surface area contributed by atoms with Gasteiger partial charge in [-0.15, -0.1) is 0 Å². The van der Waals surface area contributed by atoms with Crippen LogP contribution < -0.4 is 4.18 Å². The van der Waals surface area contributed by atoms with Crippen molar-refractivity contribution in [2.45, 2.75) is 29.6 Å². The monoisotopic (exact) mass is 388 g/mol. The van der Waals surface area contributed by atoms with Crippen molar-refractivity contribution in [3.63, 3.8) is 0 Å². The van der Waals surface area contributed by atoms with Gasteiger partial charge in [-0.2, -0.15) is 8.42 Å². The average molecular weight is 389 g/mol. The third kappa shape index (κ3) is 4.28. The Balaban J connectivity index is 2.40. The molecule has 24 heavy (non-hydrogen) atoms. The highest BCUT2D eigenvalue weighted by atomic mass is 35.5. The summed E-state index contributed by atoms with van der Waals surface area (Å²) in [5, 5.41) is -0.110. The fraction of sp³-hybridized carbons (Fsp3) is 0.250. The zero-order valence-electron chi connectivity index (χ0n) is 13.4. The third-order valence-electron chi connectivity index (χ3n) is 3.35. The molecule has 0 radical (unpaired) electrons. The van der Waals surface area contributed by atoms with Gasteiger partial charge in [-0.3, -0.25) is 0 Å². The summed E-state index contributed by atoms with van der Waals surface area (Å²) in [5.41, 5.74) is 1.04. The number of hydrogen-bond donors (Lipinski definition) is 0. The first-order chi connectivity index (χ1) is 11.0. The molecule has 0 unspecified atom stereocenters. The first-order valence-corrected chi connectivity index (χ1v) is 10.7. The van der Waals surface area contributed by atoms with Crippen molar-refractivity contribution in [2.75, 3.05) is 6.26 Å². The topological polar surface area (TPSA) is 77.5 Å². The molecule has 0 N–H and O–H groups in total. The molecule has 0 aliphatic rings. The maximum atomic E-state index is 12.4. The van der Waals surface area contributed by atoms with Crippen LogP contribution in [0.2, 0.25) is 5.02 Å². The number of sulfone groups is 1. The van der Waals surface area contributed by atoms with Gasteiger partial charge in [0, 0.05) is 6.26 Å². The lowest BCUT2D eigenvalue weighted by molar-refractivity contribution is 0.486. The minimum absolute atomic E-state index is 0.110. The first kappa shape index (κ1) is 18.8. The van der Waals surface area contributed by atoms with Crippen LogP contribution in [0.1, 0.15) is 25.3 Å². The molecule has 0 bridgehead atoms. The van der Waals surface area contributed by atoms with E-state index in [0.29, 0.717) is 5.92 Å². The Bertz CT molecular complexity index is 946. The molecular weight excluding hydrogens is 372 g/mol. The Morgan fingerprint density at radius 2 is 1.54 bits per heavy atom. The lowest BCUT2D eigenvalue weighted by Crippen LogP contribution is -2.11. The van der Waals surface area contributed by atoms with Gasteiger partial charge in [-0.25, -0.2) is 8.42 Å². The van der Waals surface area contributed by atoms with Crippen LogP contribution in [0.4, 0.5) is 0 Å². The van der Waals surface area contributed by atoms with E-state index in [1.54, 1.807) is 24.3 Å². The van der Waals surface area contributed by atoms with Crippen LogP contribution in [0.5, 0.6) is 5.75 Å². The zero-order chi connectivity index (χ0) is 18.1. The summed E-state index contributed by atoms with van der Waals surface area (Å²) in [7, 11) is -7.83. The molecule has 0 heterocycles. The average Bonchev–Trinajstić information content (AvgIpc) is 2.46. The van der Waals surface area contributed by atoms with E-state index in [1.807, 2.05) is 13.8 Å². The minimum atomic E-state index is -4.26. The van der Waals surface area contributed by atoms with E-state index in [1.165, 1.54) is 12.1 Å². The Labute approximate surface area is 147 Å². The SMILES string of the molecule is CC(C)c1ccc(OS(=O)(=O)c2cc(S(C)(=O)=O)ccc2Cl)cc1. The number of benzene rings is 2.